The van der Waals surface area contributed by atoms with E-state index >= 15 is 0 Å². The minimum atomic E-state index is -0.970. The first-order chi connectivity index (χ1) is 12.2. The largest absolute Gasteiger partial charge is 0.478 e. The highest BCUT2D eigenvalue weighted by atomic mass is 16.4. The molecule has 3 rings (SSSR count). The summed E-state index contributed by atoms with van der Waals surface area (Å²) in [7, 11) is 0. The summed E-state index contributed by atoms with van der Waals surface area (Å²) in [5, 5.41) is 18.4. The summed E-state index contributed by atoms with van der Waals surface area (Å²) >= 11 is 0. The molecule has 0 amide bonds. The Morgan fingerprint density at radius 3 is 2.12 bits per heavy atom. The number of carboxylic acid groups (broad SMARTS) is 1. The normalized spacial score (nSPS) is 14.8. The molecule has 1 aliphatic rings. The van der Waals surface area contributed by atoms with Gasteiger partial charge in [0.1, 0.15) is 0 Å². The van der Waals surface area contributed by atoms with Gasteiger partial charge in [0.15, 0.2) is 0 Å². The third-order valence-corrected chi connectivity index (χ3v) is 4.49. The van der Waals surface area contributed by atoms with Crippen LogP contribution in [0.5, 0.6) is 0 Å². The van der Waals surface area contributed by atoms with E-state index < -0.39 is 5.97 Å². The summed E-state index contributed by atoms with van der Waals surface area (Å²) in [5.74, 6) is -0.970. The van der Waals surface area contributed by atoms with Crippen molar-refractivity contribution in [3.63, 3.8) is 0 Å². The smallest absolute Gasteiger partial charge is 0.335 e. The van der Waals surface area contributed by atoms with Gasteiger partial charge < -0.3 is 10.0 Å². The van der Waals surface area contributed by atoms with Gasteiger partial charge in [-0.15, -0.1) is 0 Å². The Bertz CT molecular complexity index is 808. The molecule has 0 unspecified atom stereocenters. The minimum absolute atomic E-state index is 0.215. The number of anilines is 1. The zero-order valence-electron chi connectivity index (χ0n) is 14.0. The molecule has 0 aliphatic carbocycles. The maximum Gasteiger partial charge on any atom is 0.335 e. The SMILES string of the molecule is N#CC(=Cc1ccc(N2CCCCC2)cc1)c1ccc(C(=O)O)cc1. The summed E-state index contributed by atoms with van der Waals surface area (Å²) in [6, 6.07) is 16.8. The quantitative estimate of drug-likeness (QED) is 0.664. The van der Waals surface area contributed by atoms with E-state index in [4.69, 9.17) is 5.11 Å². The van der Waals surface area contributed by atoms with Crippen LogP contribution >= 0.6 is 0 Å². The van der Waals surface area contributed by atoms with Gasteiger partial charge in [0.25, 0.3) is 0 Å². The van der Waals surface area contributed by atoms with Crippen molar-refractivity contribution in [3.8, 4) is 6.07 Å². The molecule has 0 saturated carbocycles. The summed E-state index contributed by atoms with van der Waals surface area (Å²) in [6.07, 6.45) is 5.62. The first-order valence-corrected chi connectivity index (χ1v) is 8.48. The van der Waals surface area contributed by atoms with Crippen LogP contribution in [0, 0.1) is 11.3 Å². The van der Waals surface area contributed by atoms with Crippen LogP contribution in [0.25, 0.3) is 11.6 Å². The van der Waals surface area contributed by atoms with E-state index in [9.17, 15) is 10.1 Å². The molecule has 4 heteroatoms. The Balaban J connectivity index is 1.79. The second-order valence-corrected chi connectivity index (χ2v) is 6.19. The Labute approximate surface area is 147 Å². The van der Waals surface area contributed by atoms with Crippen molar-refractivity contribution >= 4 is 23.3 Å². The van der Waals surface area contributed by atoms with E-state index in [0.717, 1.165) is 18.7 Å². The molecule has 0 radical (unpaired) electrons. The zero-order chi connectivity index (χ0) is 17.6. The maximum absolute atomic E-state index is 10.9. The highest BCUT2D eigenvalue weighted by Gasteiger charge is 2.10. The first kappa shape index (κ1) is 16.8. The average Bonchev–Trinajstić information content (AvgIpc) is 2.67. The number of rotatable bonds is 4. The average molecular weight is 332 g/mol. The zero-order valence-corrected chi connectivity index (χ0v) is 14.0. The number of hydrogen-bond donors (Lipinski definition) is 1. The molecular weight excluding hydrogens is 312 g/mol. The van der Waals surface area contributed by atoms with Gasteiger partial charge in [-0.1, -0.05) is 24.3 Å². The van der Waals surface area contributed by atoms with Gasteiger partial charge in [-0.05, 0) is 60.7 Å². The number of nitrogens with zero attached hydrogens (tertiary/aromatic N) is 2. The van der Waals surface area contributed by atoms with Crippen LogP contribution in [-0.2, 0) is 0 Å². The van der Waals surface area contributed by atoms with Crippen LogP contribution in [-0.4, -0.2) is 24.2 Å². The van der Waals surface area contributed by atoms with Crippen molar-refractivity contribution in [2.24, 2.45) is 0 Å². The van der Waals surface area contributed by atoms with Crippen LogP contribution in [0.4, 0.5) is 5.69 Å². The third-order valence-electron chi connectivity index (χ3n) is 4.49. The van der Waals surface area contributed by atoms with Crippen molar-refractivity contribution in [1.82, 2.24) is 0 Å². The molecule has 126 valence electrons. The lowest BCUT2D eigenvalue weighted by Gasteiger charge is -2.28. The second kappa shape index (κ2) is 7.67. The number of aromatic carboxylic acids is 1. The highest BCUT2D eigenvalue weighted by molar-refractivity contribution is 5.92. The highest BCUT2D eigenvalue weighted by Crippen LogP contribution is 2.23. The summed E-state index contributed by atoms with van der Waals surface area (Å²) < 4.78 is 0. The molecule has 0 spiro atoms. The van der Waals surface area contributed by atoms with Crippen molar-refractivity contribution < 1.29 is 9.90 Å². The van der Waals surface area contributed by atoms with Gasteiger partial charge >= 0.3 is 5.97 Å². The van der Waals surface area contributed by atoms with Crippen molar-refractivity contribution in [1.29, 1.82) is 5.26 Å². The molecular formula is C21H20N2O2. The molecule has 0 bridgehead atoms. The second-order valence-electron chi connectivity index (χ2n) is 6.19. The third kappa shape index (κ3) is 4.07. The van der Waals surface area contributed by atoms with Gasteiger partial charge in [-0.25, -0.2) is 4.79 Å². The Morgan fingerprint density at radius 1 is 0.960 bits per heavy atom. The molecule has 1 aliphatic heterocycles. The van der Waals surface area contributed by atoms with Crippen LogP contribution in [0.15, 0.2) is 48.5 Å². The summed E-state index contributed by atoms with van der Waals surface area (Å²) in [4.78, 5) is 13.3. The molecule has 1 saturated heterocycles. The van der Waals surface area contributed by atoms with Gasteiger partial charge in [-0.2, -0.15) is 5.26 Å². The molecule has 4 nitrogen and oxygen atoms in total. The van der Waals surface area contributed by atoms with Crippen molar-refractivity contribution in [2.75, 3.05) is 18.0 Å². The number of carboxylic acids is 1. The molecule has 1 heterocycles. The Morgan fingerprint density at radius 2 is 1.56 bits per heavy atom. The van der Waals surface area contributed by atoms with Crippen LogP contribution in [0.2, 0.25) is 0 Å². The standard InChI is InChI=1S/C21H20N2O2/c22-15-19(17-6-8-18(9-7-17)21(24)25)14-16-4-10-20(11-5-16)23-12-2-1-3-13-23/h4-11,14H,1-3,12-13H2,(H,24,25). The predicted octanol–water partition coefficient (Wildman–Crippen LogP) is 4.44. The number of piperidine rings is 1. The number of benzene rings is 2. The van der Waals surface area contributed by atoms with Crippen LogP contribution in [0.3, 0.4) is 0 Å². The van der Waals surface area contributed by atoms with Gasteiger partial charge in [0.05, 0.1) is 17.2 Å². The van der Waals surface area contributed by atoms with Crippen LogP contribution in [0.1, 0.15) is 40.7 Å². The van der Waals surface area contributed by atoms with E-state index in [1.807, 2.05) is 18.2 Å². The topological polar surface area (TPSA) is 64.3 Å². The van der Waals surface area contributed by atoms with E-state index in [2.05, 4.69) is 23.1 Å². The molecule has 25 heavy (non-hydrogen) atoms. The van der Waals surface area contributed by atoms with Crippen LogP contribution < -0.4 is 4.90 Å². The number of carbonyl (C=O) groups is 1. The number of allylic oxidation sites excluding steroid dienone is 1. The van der Waals surface area contributed by atoms with E-state index in [1.165, 1.54) is 37.1 Å². The van der Waals surface area contributed by atoms with Crippen molar-refractivity contribution in [3.05, 3.63) is 65.2 Å². The molecule has 1 fully saturated rings. The van der Waals surface area contributed by atoms with E-state index in [1.54, 1.807) is 12.1 Å². The fourth-order valence-electron chi connectivity index (χ4n) is 3.07. The Hall–Kier alpha value is -3.06. The van der Waals surface area contributed by atoms with Crippen molar-refractivity contribution in [2.45, 2.75) is 19.3 Å². The number of hydrogen-bond acceptors (Lipinski definition) is 3. The van der Waals surface area contributed by atoms with E-state index in [-0.39, 0.29) is 5.56 Å². The molecule has 0 aromatic heterocycles. The summed E-state index contributed by atoms with van der Waals surface area (Å²) in [5.41, 5.74) is 3.63. The lowest BCUT2D eigenvalue weighted by molar-refractivity contribution is 0.0697. The fraction of sp³-hybridized carbons (Fsp3) is 0.238. The lowest BCUT2D eigenvalue weighted by atomic mass is 10.0. The maximum atomic E-state index is 10.9. The van der Waals surface area contributed by atoms with Gasteiger partial charge in [-0.3, -0.25) is 0 Å². The lowest BCUT2D eigenvalue weighted by Crippen LogP contribution is -2.29. The molecule has 1 N–H and O–H groups in total. The Kier molecular flexibility index (Phi) is 5.15. The van der Waals surface area contributed by atoms with E-state index in [0.29, 0.717) is 11.1 Å². The van der Waals surface area contributed by atoms with Gasteiger partial charge in [0.2, 0.25) is 0 Å². The van der Waals surface area contributed by atoms with Gasteiger partial charge in [0, 0.05) is 18.8 Å². The fourth-order valence-corrected chi connectivity index (χ4v) is 3.07. The predicted molar refractivity (Wildman–Crippen MR) is 99.4 cm³/mol. The number of nitriles is 1. The first-order valence-electron chi connectivity index (χ1n) is 8.48. The molecule has 2 aromatic carbocycles. The monoisotopic (exact) mass is 332 g/mol. The summed E-state index contributed by atoms with van der Waals surface area (Å²) in [6.45, 7) is 2.21. The molecule has 0 atom stereocenters. The minimum Gasteiger partial charge on any atom is -0.478 e. The molecule has 2 aromatic rings.